The van der Waals surface area contributed by atoms with Crippen LogP contribution in [0.4, 0.5) is 13.2 Å². The lowest BCUT2D eigenvalue weighted by molar-refractivity contribution is -0.213. The van der Waals surface area contributed by atoms with Crippen molar-refractivity contribution in [1.29, 1.82) is 0 Å². The second-order valence-electron chi connectivity index (χ2n) is 12.9. The molecule has 0 heterocycles. The molecule has 0 aliphatic carbocycles. The molecule has 0 aromatic heterocycles. The van der Waals surface area contributed by atoms with Crippen LogP contribution in [0.15, 0.2) is 30.3 Å². The summed E-state index contributed by atoms with van der Waals surface area (Å²) >= 11 is 0. The van der Waals surface area contributed by atoms with Crippen LogP contribution in [0.2, 0.25) is 0 Å². The number of amides is 3. The summed E-state index contributed by atoms with van der Waals surface area (Å²) in [6, 6.07) is 5.97. The standard InChI is InChI=1S/C35H54F3N3O6/c1-5-6-7-8-9-10-14-17-26(42)22-27(23(2)3)34(47)41-29(21-25-15-12-11-13-16-25)30(43)20-24(4)33(46)40-28(18-19-31(39)44)32(45)35(36,37)38/h11-13,15-16,23-24,27-29,32,45H,5-10,14,17-22H2,1-4H3,(H2,39,44)(H,40,46)(H,41,47)/t24-,27-,28-,29-,32?/m0/s1. The first-order chi connectivity index (χ1) is 22.1. The van der Waals surface area contributed by atoms with Gasteiger partial charge in [-0.05, 0) is 30.7 Å². The molecule has 47 heavy (non-hydrogen) atoms. The highest BCUT2D eigenvalue weighted by atomic mass is 19.4. The second kappa shape index (κ2) is 21.6. The third kappa shape index (κ3) is 16.9. The van der Waals surface area contributed by atoms with Crippen LogP contribution in [-0.2, 0) is 30.4 Å². The van der Waals surface area contributed by atoms with Gasteiger partial charge in [-0.2, -0.15) is 13.2 Å². The van der Waals surface area contributed by atoms with E-state index in [0.717, 1.165) is 31.2 Å². The number of carbonyl (C=O) groups excluding carboxylic acids is 5. The Morgan fingerprint density at radius 1 is 0.830 bits per heavy atom. The van der Waals surface area contributed by atoms with Crippen molar-refractivity contribution < 1.29 is 42.3 Å². The maximum Gasteiger partial charge on any atom is 0.416 e. The number of benzene rings is 1. The molecule has 0 aliphatic heterocycles. The molecule has 0 aliphatic rings. The molecule has 1 aromatic rings. The van der Waals surface area contributed by atoms with Gasteiger partial charge in [-0.25, -0.2) is 0 Å². The van der Waals surface area contributed by atoms with Crippen LogP contribution in [0.1, 0.15) is 110 Å². The Balaban J connectivity index is 2.97. The van der Waals surface area contributed by atoms with Crippen molar-refractivity contribution in [2.45, 2.75) is 136 Å². The summed E-state index contributed by atoms with van der Waals surface area (Å²) in [5.74, 6) is -4.83. The van der Waals surface area contributed by atoms with Crippen LogP contribution < -0.4 is 16.4 Å². The van der Waals surface area contributed by atoms with E-state index in [2.05, 4.69) is 17.6 Å². The number of alkyl halides is 3. The van der Waals surface area contributed by atoms with Crippen molar-refractivity contribution in [3.05, 3.63) is 35.9 Å². The van der Waals surface area contributed by atoms with Crippen LogP contribution in [0, 0.1) is 17.8 Å². The Bertz CT molecular complexity index is 1130. The van der Waals surface area contributed by atoms with Gasteiger partial charge in [0.15, 0.2) is 11.9 Å². The van der Waals surface area contributed by atoms with E-state index in [0.29, 0.717) is 6.42 Å². The molecule has 0 bridgehead atoms. The molecule has 12 heteroatoms. The highest BCUT2D eigenvalue weighted by Gasteiger charge is 2.44. The van der Waals surface area contributed by atoms with Crippen LogP contribution in [0.3, 0.4) is 0 Å². The molecule has 5 N–H and O–H groups in total. The van der Waals surface area contributed by atoms with E-state index >= 15 is 0 Å². The van der Waals surface area contributed by atoms with E-state index in [-0.39, 0.29) is 24.5 Å². The average molecular weight is 670 g/mol. The zero-order valence-corrected chi connectivity index (χ0v) is 28.2. The van der Waals surface area contributed by atoms with E-state index in [9.17, 15) is 42.3 Å². The van der Waals surface area contributed by atoms with Crippen LogP contribution in [-0.4, -0.2) is 58.8 Å². The molecular weight excluding hydrogens is 615 g/mol. The van der Waals surface area contributed by atoms with Crippen LogP contribution >= 0.6 is 0 Å². The Morgan fingerprint density at radius 3 is 1.98 bits per heavy atom. The third-order valence-electron chi connectivity index (χ3n) is 8.34. The zero-order chi connectivity index (χ0) is 35.6. The number of halogens is 3. The quantitative estimate of drug-likeness (QED) is 0.109. The van der Waals surface area contributed by atoms with E-state index in [1.165, 1.54) is 26.2 Å². The number of carbonyl (C=O) groups is 5. The summed E-state index contributed by atoms with van der Waals surface area (Å²) in [4.78, 5) is 63.9. The lowest BCUT2D eigenvalue weighted by atomic mass is 9.87. The van der Waals surface area contributed by atoms with Crippen molar-refractivity contribution in [3.63, 3.8) is 0 Å². The number of aliphatic hydroxyl groups excluding tert-OH is 1. The Hall–Kier alpha value is -3.28. The van der Waals surface area contributed by atoms with Gasteiger partial charge in [0, 0.05) is 37.5 Å². The Morgan fingerprint density at radius 2 is 1.43 bits per heavy atom. The largest absolute Gasteiger partial charge is 0.416 e. The fourth-order valence-corrected chi connectivity index (χ4v) is 5.33. The van der Waals surface area contributed by atoms with E-state index in [4.69, 9.17) is 5.73 Å². The van der Waals surface area contributed by atoms with E-state index in [1.807, 2.05) is 13.8 Å². The van der Waals surface area contributed by atoms with Gasteiger partial charge in [-0.3, -0.25) is 24.0 Å². The minimum absolute atomic E-state index is 0.0180. The molecule has 1 unspecified atom stereocenters. The van der Waals surface area contributed by atoms with Gasteiger partial charge in [0.1, 0.15) is 5.78 Å². The fourth-order valence-electron chi connectivity index (χ4n) is 5.33. The summed E-state index contributed by atoms with van der Waals surface area (Å²) in [6.45, 7) is 7.16. The number of primary amides is 1. The summed E-state index contributed by atoms with van der Waals surface area (Å²) in [7, 11) is 0. The second-order valence-corrected chi connectivity index (χ2v) is 12.9. The number of hydrogen-bond acceptors (Lipinski definition) is 6. The van der Waals surface area contributed by atoms with E-state index in [1.54, 1.807) is 30.3 Å². The minimum Gasteiger partial charge on any atom is -0.382 e. The number of rotatable bonds is 24. The molecular formula is C35H54F3N3O6. The molecule has 0 spiro atoms. The van der Waals surface area contributed by atoms with Crippen molar-refractivity contribution >= 4 is 29.3 Å². The summed E-state index contributed by atoms with van der Waals surface area (Å²) in [6.07, 6.45) is -1.49. The number of unbranched alkanes of at least 4 members (excludes halogenated alkanes) is 6. The van der Waals surface area contributed by atoms with Crippen molar-refractivity contribution in [3.8, 4) is 0 Å². The highest BCUT2D eigenvalue weighted by Crippen LogP contribution is 2.25. The monoisotopic (exact) mass is 669 g/mol. The number of ketones is 2. The van der Waals surface area contributed by atoms with Gasteiger partial charge in [0.25, 0.3) is 0 Å². The predicted molar refractivity (Wildman–Crippen MR) is 174 cm³/mol. The first-order valence-corrected chi connectivity index (χ1v) is 16.8. The SMILES string of the molecule is CCCCCCCCCC(=O)C[C@H](C(=O)N[C@@H](Cc1ccccc1)C(=O)C[C@H](C)C(=O)N[C@@H](CCC(N)=O)C(O)C(F)(F)F)C(C)C. The maximum atomic E-state index is 13.5. The first-order valence-electron chi connectivity index (χ1n) is 16.8. The molecule has 266 valence electrons. The van der Waals surface area contributed by atoms with E-state index < -0.39 is 79.0 Å². The number of Topliss-reactive ketones (excluding diaryl/α,β-unsaturated/α-hetero) is 2. The summed E-state index contributed by atoms with van der Waals surface area (Å²) in [5.41, 5.74) is 5.78. The molecule has 0 saturated carbocycles. The summed E-state index contributed by atoms with van der Waals surface area (Å²) < 4.78 is 39.7. The van der Waals surface area contributed by atoms with Crippen molar-refractivity contribution in [2.75, 3.05) is 0 Å². The van der Waals surface area contributed by atoms with Gasteiger partial charge in [-0.15, -0.1) is 0 Å². The van der Waals surface area contributed by atoms with Gasteiger partial charge in [0.05, 0.1) is 12.1 Å². The lowest BCUT2D eigenvalue weighted by Gasteiger charge is -2.27. The highest BCUT2D eigenvalue weighted by molar-refractivity contribution is 5.94. The first kappa shape index (κ1) is 41.7. The molecule has 1 aromatic carbocycles. The van der Waals surface area contributed by atoms with Crippen LogP contribution in [0.5, 0.6) is 0 Å². The van der Waals surface area contributed by atoms with Crippen molar-refractivity contribution in [2.24, 2.45) is 23.5 Å². The van der Waals surface area contributed by atoms with Gasteiger partial charge in [-0.1, -0.05) is 96.6 Å². The molecule has 5 atom stereocenters. The Kier molecular flexibility index (Phi) is 19.2. The van der Waals surface area contributed by atoms with Crippen LogP contribution in [0.25, 0.3) is 0 Å². The van der Waals surface area contributed by atoms with Gasteiger partial charge >= 0.3 is 6.18 Å². The molecule has 1 rings (SSSR count). The molecule has 3 amide bonds. The Labute approximate surface area is 277 Å². The van der Waals surface area contributed by atoms with Gasteiger partial charge < -0.3 is 21.5 Å². The third-order valence-corrected chi connectivity index (χ3v) is 8.34. The zero-order valence-electron chi connectivity index (χ0n) is 28.2. The van der Waals surface area contributed by atoms with Gasteiger partial charge in [0.2, 0.25) is 17.7 Å². The molecule has 0 saturated heterocycles. The number of aliphatic hydroxyl groups is 1. The average Bonchev–Trinajstić information content (AvgIpc) is 3.00. The summed E-state index contributed by atoms with van der Waals surface area (Å²) in [5, 5.41) is 14.7. The molecule has 9 nitrogen and oxygen atoms in total. The number of hydrogen-bond donors (Lipinski definition) is 4. The predicted octanol–water partition coefficient (Wildman–Crippen LogP) is 5.35. The van der Waals surface area contributed by atoms with Crippen molar-refractivity contribution in [1.82, 2.24) is 10.6 Å². The molecule has 0 fully saturated rings. The smallest absolute Gasteiger partial charge is 0.382 e. The maximum absolute atomic E-state index is 13.5. The lowest BCUT2D eigenvalue weighted by Crippen LogP contribution is -2.52. The normalized spacial score (nSPS) is 14.9. The number of nitrogens with two attached hydrogens (primary N) is 1. The number of nitrogens with one attached hydrogen (secondary N) is 2. The topological polar surface area (TPSA) is 156 Å². The minimum atomic E-state index is -5.07. The fraction of sp³-hybridized carbons (Fsp3) is 0.686. The molecule has 0 radical (unpaired) electrons.